The molecule has 2 N–H and O–H groups in total. The summed E-state index contributed by atoms with van der Waals surface area (Å²) in [5.41, 5.74) is 7.87. The number of hydrogen-bond acceptors (Lipinski definition) is 4. The molecule has 0 unspecified atom stereocenters. The van der Waals surface area contributed by atoms with Crippen LogP contribution in [0.25, 0.3) is 0 Å². The predicted octanol–water partition coefficient (Wildman–Crippen LogP) is 2.72. The van der Waals surface area contributed by atoms with Crippen molar-refractivity contribution in [1.29, 1.82) is 0 Å². The van der Waals surface area contributed by atoms with E-state index >= 15 is 0 Å². The highest BCUT2D eigenvalue weighted by atomic mass is 16.6. The van der Waals surface area contributed by atoms with Gasteiger partial charge in [0.25, 0.3) is 11.6 Å². The lowest BCUT2D eigenvalue weighted by Crippen LogP contribution is -2.30. The van der Waals surface area contributed by atoms with E-state index in [4.69, 9.17) is 5.73 Å². The monoisotopic (exact) mass is 339 g/mol. The molecule has 2 atom stereocenters. The molecule has 1 amide bonds. The van der Waals surface area contributed by atoms with Crippen LogP contribution in [0, 0.1) is 23.0 Å². The third kappa shape index (κ3) is 3.25. The molecule has 3 rings (SSSR count). The van der Waals surface area contributed by atoms with Gasteiger partial charge in [-0.2, -0.15) is 0 Å². The van der Waals surface area contributed by atoms with E-state index in [1.54, 1.807) is 24.0 Å². The molecule has 0 aliphatic carbocycles. The quantitative estimate of drug-likeness (QED) is 0.685. The third-order valence-corrected chi connectivity index (χ3v) is 4.99. The van der Waals surface area contributed by atoms with Gasteiger partial charge in [-0.05, 0) is 31.0 Å². The molecule has 6 heteroatoms. The van der Waals surface area contributed by atoms with Crippen molar-refractivity contribution in [1.82, 2.24) is 4.90 Å². The maximum atomic E-state index is 12.9. The van der Waals surface area contributed by atoms with E-state index in [1.165, 1.54) is 11.6 Å². The molecule has 1 aliphatic heterocycles. The Labute approximate surface area is 146 Å². The van der Waals surface area contributed by atoms with Crippen LogP contribution in [0.3, 0.4) is 0 Å². The highest BCUT2D eigenvalue weighted by molar-refractivity contribution is 5.96. The molecule has 0 aromatic heterocycles. The van der Waals surface area contributed by atoms with Gasteiger partial charge in [0.05, 0.1) is 4.92 Å². The predicted molar refractivity (Wildman–Crippen MR) is 95.5 cm³/mol. The molecule has 0 radical (unpaired) electrons. The summed E-state index contributed by atoms with van der Waals surface area (Å²) in [4.78, 5) is 25.4. The fourth-order valence-electron chi connectivity index (χ4n) is 3.58. The number of nitro groups is 1. The van der Waals surface area contributed by atoms with Gasteiger partial charge >= 0.3 is 0 Å². The summed E-state index contributed by atoms with van der Waals surface area (Å²) in [7, 11) is 0. The minimum atomic E-state index is -0.453. The Hall–Kier alpha value is -2.73. The number of likely N-dealkylation sites (tertiary alicyclic amines) is 1. The number of nitro benzene ring substituents is 1. The van der Waals surface area contributed by atoms with Crippen LogP contribution in [-0.4, -0.2) is 35.4 Å². The average Bonchev–Trinajstić information content (AvgIpc) is 3.06. The maximum Gasteiger partial charge on any atom is 0.273 e. The van der Waals surface area contributed by atoms with Crippen molar-refractivity contribution in [2.45, 2.75) is 12.8 Å². The summed E-state index contributed by atoms with van der Waals surface area (Å²) < 4.78 is 0. The lowest BCUT2D eigenvalue weighted by Gasteiger charge is -2.18. The number of carbonyl (C=O) groups excluding carboxylic acids is 1. The third-order valence-electron chi connectivity index (χ3n) is 4.99. The van der Waals surface area contributed by atoms with Crippen molar-refractivity contribution in [3.63, 3.8) is 0 Å². The standard InChI is InChI=1S/C19H21N3O3/c1-13-16(8-5-9-18(13)22(24)25)19(23)21-11-15(10-20)17(12-21)14-6-3-2-4-7-14/h2-9,15,17H,10-12,20H2,1H3/t15-,17+/m1/s1. The van der Waals surface area contributed by atoms with Gasteiger partial charge in [-0.1, -0.05) is 36.4 Å². The fourth-order valence-corrected chi connectivity index (χ4v) is 3.58. The zero-order valence-electron chi connectivity index (χ0n) is 14.1. The van der Waals surface area contributed by atoms with Gasteiger partial charge in [0.15, 0.2) is 0 Å². The highest BCUT2D eigenvalue weighted by Gasteiger charge is 2.36. The van der Waals surface area contributed by atoms with Crippen LogP contribution in [0.15, 0.2) is 48.5 Å². The molecule has 25 heavy (non-hydrogen) atoms. The van der Waals surface area contributed by atoms with E-state index in [9.17, 15) is 14.9 Å². The van der Waals surface area contributed by atoms with Crippen molar-refractivity contribution in [3.05, 3.63) is 75.3 Å². The molecule has 0 spiro atoms. The summed E-state index contributed by atoms with van der Waals surface area (Å²) >= 11 is 0. The lowest BCUT2D eigenvalue weighted by molar-refractivity contribution is -0.385. The van der Waals surface area contributed by atoms with Crippen molar-refractivity contribution in [2.24, 2.45) is 11.7 Å². The smallest absolute Gasteiger partial charge is 0.273 e. The number of hydrogen-bond donors (Lipinski definition) is 1. The van der Waals surface area contributed by atoms with Gasteiger partial charge in [-0.3, -0.25) is 14.9 Å². The first-order chi connectivity index (χ1) is 12.0. The van der Waals surface area contributed by atoms with Crippen LogP contribution >= 0.6 is 0 Å². The Morgan fingerprint density at radius 2 is 1.92 bits per heavy atom. The van der Waals surface area contributed by atoms with Gasteiger partial charge in [-0.15, -0.1) is 0 Å². The summed E-state index contributed by atoms with van der Waals surface area (Å²) in [5, 5.41) is 11.1. The number of carbonyl (C=O) groups is 1. The first-order valence-corrected chi connectivity index (χ1v) is 8.31. The topological polar surface area (TPSA) is 89.5 Å². The first kappa shape index (κ1) is 17.1. The second-order valence-electron chi connectivity index (χ2n) is 6.43. The molecule has 1 aliphatic rings. The summed E-state index contributed by atoms with van der Waals surface area (Å²) in [5.74, 6) is 0.206. The van der Waals surface area contributed by atoms with Crippen LogP contribution < -0.4 is 5.73 Å². The number of amides is 1. The molecule has 0 saturated carbocycles. The molecule has 6 nitrogen and oxygen atoms in total. The minimum absolute atomic E-state index is 0.0277. The Balaban J connectivity index is 1.87. The first-order valence-electron chi connectivity index (χ1n) is 8.31. The molecule has 1 saturated heterocycles. The molecule has 2 aromatic carbocycles. The van der Waals surface area contributed by atoms with Crippen LogP contribution in [0.2, 0.25) is 0 Å². The van der Waals surface area contributed by atoms with Crippen LogP contribution in [0.5, 0.6) is 0 Å². The van der Waals surface area contributed by atoms with Gasteiger partial charge in [0.2, 0.25) is 0 Å². The fraction of sp³-hybridized carbons (Fsp3) is 0.316. The molecule has 1 heterocycles. The zero-order valence-corrected chi connectivity index (χ0v) is 14.1. The van der Waals surface area contributed by atoms with E-state index in [0.717, 1.165) is 0 Å². The summed E-state index contributed by atoms with van der Waals surface area (Å²) in [6.07, 6.45) is 0. The molecular formula is C19H21N3O3. The Morgan fingerprint density at radius 1 is 1.20 bits per heavy atom. The Bertz CT molecular complexity index is 792. The van der Waals surface area contributed by atoms with Gasteiger partial charge in [0, 0.05) is 36.2 Å². The van der Waals surface area contributed by atoms with Crippen molar-refractivity contribution < 1.29 is 9.72 Å². The SMILES string of the molecule is Cc1c(C(=O)N2C[C@@H](CN)[C@H](c3ccccc3)C2)cccc1[N+](=O)[O-]. The van der Waals surface area contributed by atoms with E-state index in [-0.39, 0.29) is 23.4 Å². The summed E-state index contributed by atoms with van der Waals surface area (Å²) in [6.45, 7) is 3.26. The Morgan fingerprint density at radius 3 is 2.56 bits per heavy atom. The number of nitrogens with zero attached hydrogens (tertiary/aromatic N) is 2. The highest BCUT2D eigenvalue weighted by Crippen LogP contribution is 2.33. The zero-order chi connectivity index (χ0) is 18.0. The van der Waals surface area contributed by atoms with Crippen molar-refractivity contribution in [3.8, 4) is 0 Å². The molecule has 1 fully saturated rings. The second-order valence-corrected chi connectivity index (χ2v) is 6.43. The van der Waals surface area contributed by atoms with Gasteiger partial charge < -0.3 is 10.6 Å². The van der Waals surface area contributed by atoms with Gasteiger partial charge in [-0.25, -0.2) is 0 Å². The molecular weight excluding hydrogens is 318 g/mol. The molecule has 0 bridgehead atoms. The van der Waals surface area contributed by atoms with Gasteiger partial charge in [0.1, 0.15) is 0 Å². The largest absolute Gasteiger partial charge is 0.338 e. The van der Waals surface area contributed by atoms with E-state index in [1.807, 2.05) is 18.2 Å². The average molecular weight is 339 g/mol. The normalized spacial score (nSPS) is 19.8. The van der Waals surface area contributed by atoms with E-state index in [2.05, 4.69) is 12.1 Å². The van der Waals surface area contributed by atoms with Crippen LogP contribution in [-0.2, 0) is 0 Å². The van der Waals surface area contributed by atoms with Crippen LogP contribution in [0.4, 0.5) is 5.69 Å². The van der Waals surface area contributed by atoms with E-state index < -0.39 is 4.92 Å². The number of rotatable bonds is 4. The van der Waals surface area contributed by atoms with Crippen LogP contribution in [0.1, 0.15) is 27.4 Å². The molecule has 2 aromatic rings. The van der Waals surface area contributed by atoms with Crippen molar-refractivity contribution in [2.75, 3.05) is 19.6 Å². The second kappa shape index (κ2) is 7.03. The lowest BCUT2D eigenvalue weighted by atomic mass is 9.89. The minimum Gasteiger partial charge on any atom is -0.338 e. The number of nitrogens with two attached hydrogens (primary N) is 1. The molecule has 130 valence electrons. The maximum absolute atomic E-state index is 12.9. The number of benzene rings is 2. The Kier molecular flexibility index (Phi) is 4.81. The van der Waals surface area contributed by atoms with E-state index in [0.29, 0.717) is 30.8 Å². The summed E-state index contributed by atoms with van der Waals surface area (Å²) in [6, 6.07) is 14.7. The van der Waals surface area contributed by atoms with Crippen molar-refractivity contribution >= 4 is 11.6 Å².